The molecular weight excluding hydrogens is 337 g/mol. The summed E-state index contributed by atoms with van der Waals surface area (Å²) < 4.78 is 39.9. The van der Waals surface area contributed by atoms with Crippen LogP contribution in [0.15, 0.2) is 27.6 Å². The monoisotopic (exact) mass is 351 g/mol. The predicted molar refractivity (Wildman–Crippen MR) is 73.8 cm³/mol. The lowest BCUT2D eigenvalue weighted by Crippen LogP contribution is -2.35. The van der Waals surface area contributed by atoms with Gasteiger partial charge in [0.25, 0.3) is 0 Å². The Morgan fingerprint density at radius 3 is 2.42 bits per heavy atom. The van der Waals surface area contributed by atoms with Crippen molar-refractivity contribution in [2.45, 2.75) is 25.7 Å². The van der Waals surface area contributed by atoms with Crippen molar-refractivity contribution < 1.29 is 17.6 Å². The van der Waals surface area contributed by atoms with E-state index in [2.05, 4.69) is 20.7 Å². The van der Waals surface area contributed by atoms with Gasteiger partial charge in [0.15, 0.2) is 5.78 Å². The van der Waals surface area contributed by atoms with Crippen LogP contribution in [0.4, 0.5) is 4.39 Å². The Morgan fingerprint density at radius 2 is 1.95 bits per heavy atom. The van der Waals surface area contributed by atoms with Crippen LogP contribution in [0.25, 0.3) is 0 Å². The Morgan fingerprint density at radius 1 is 1.37 bits per heavy atom. The van der Waals surface area contributed by atoms with Crippen molar-refractivity contribution in [2.75, 3.05) is 6.54 Å². The van der Waals surface area contributed by atoms with Crippen molar-refractivity contribution in [3.8, 4) is 0 Å². The molecule has 4 nitrogen and oxygen atoms in total. The standard InChI is InChI=1S/C12H15BrFNO3S/c1-12(2,3)11(16)7-15-19(17,18)10-5-4-8(13)6-9(10)14/h4-6,15H,7H2,1-3H3. The van der Waals surface area contributed by atoms with Gasteiger partial charge in [-0.1, -0.05) is 36.7 Å². The lowest BCUT2D eigenvalue weighted by atomic mass is 9.91. The van der Waals surface area contributed by atoms with Gasteiger partial charge in [-0.05, 0) is 18.2 Å². The molecule has 0 bridgehead atoms. The van der Waals surface area contributed by atoms with E-state index in [4.69, 9.17) is 0 Å². The summed E-state index contributed by atoms with van der Waals surface area (Å²) in [6.07, 6.45) is 0. The molecular formula is C12H15BrFNO3S. The summed E-state index contributed by atoms with van der Waals surface area (Å²) in [4.78, 5) is 11.2. The highest BCUT2D eigenvalue weighted by molar-refractivity contribution is 9.10. The van der Waals surface area contributed by atoms with Gasteiger partial charge in [0, 0.05) is 9.89 Å². The van der Waals surface area contributed by atoms with Crippen molar-refractivity contribution in [3.63, 3.8) is 0 Å². The van der Waals surface area contributed by atoms with E-state index in [0.717, 1.165) is 12.1 Å². The first-order valence-electron chi connectivity index (χ1n) is 5.52. The average Bonchev–Trinajstić information content (AvgIpc) is 2.24. The van der Waals surface area contributed by atoms with E-state index in [0.29, 0.717) is 4.47 Å². The fourth-order valence-electron chi connectivity index (χ4n) is 1.20. The highest BCUT2D eigenvalue weighted by Gasteiger charge is 2.25. The topological polar surface area (TPSA) is 63.2 Å². The second-order valence-electron chi connectivity index (χ2n) is 5.07. The molecule has 1 N–H and O–H groups in total. The van der Waals surface area contributed by atoms with Gasteiger partial charge in [0.1, 0.15) is 10.7 Å². The number of carbonyl (C=O) groups is 1. The van der Waals surface area contributed by atoms with Crippen LogP contribution in [0.5, 0.6) is 0 Å². The first-order valence-corrected chi connectivity index (χ1v) is 7.79. The molecule has 0 aromatic heterocycles. The number of Topliss-reactive ketones (excluding diaryl/α,β-unsaturated/α-hetero) is 1. The molecule has 0 heterocycles. The third kappa shape index (κ3) is 4.36. The molecule has 1 aromatic carbocycles. The third-order valence-electron chi connectivity index (χ3n) is 2.44. The lowest BCUT2D eigenvalue weighted by molar-refractivity contribution is -0.125. The number of nitrogens with one attached hydrogen (secondary N) is 1. The van der Waals surface area contributed by atoms with E-state index in [1.807, 2.05) is 0 Å². The smallest absolute Gasteiger partial charge is 0.243 e. The third-order valence-corrected chi connectivity index (χ3v) is 4.37. The van der Waals surface area contributed by atoms with Gasteiger partial charge in [-0.2, -0.15) is 0 Å². The number of ketones is 1. The molecule has 0 aliphatic heterocycles. The number of sulfonamides is 1. The Balaban J connectivity index is 2.91. The van der Waals surface area contributed by atoms with Gasteiger partial charge in [0.2, 0.25) is 10.0 Å². The normalized spacial score (nSPS) is 12.5. The second-order valence-corrected chi connectivity index (χ2v) is 7.72. The quantitative estimate of drug-likeness (QED) is 0.906. The zero-order valence-corrected chi connectivity index (χ0v) is 13.2. The molecule has 0 saturated heterocycles. The predicted octanol–water partition coefficient (Wildman–Crippen LogP) is 2.48. The molecule has 106 valence electrons. The molecule has 1 aromatic rings. The second kappa shape index (κ2) is 5.68. The van der Waals surface area contributed by atoms with E-state index >= 15 is 0 Å². The largest absolute Gasteiger partial charge is 0.298 e. The molecule has 0 atom stereocenters. The van der Waals surface area contributed by atoms with Crippen LogP contribution in [0.1, 0.15) is 20.8 Å². The molecule has 0 unspecified atom stereocenters. The van der Waals surface area contributed by atoms with Gasteiger partial charge in [-0.25, -0.2) is 17.5 Å². The van der Waals surface area contributed by atoms with Gasteiger partial charge >= 0.3 is 0 Å². The maximum absolute atomic E-state index is 13.6. The van der Waals surface area contributed by atoms with Crippen LogP contribution < -0.4 is 4.72 Å². The van der Waals surface area contributed by atoms with Gasteiger partial charge < -0.3 is 0 Å². The Kier molecular flexibility index (Phi) is 4.86. The van der Waals surface area contributed by atoms with Crippen LogP contribution in [-0.2, 0) is 14.8 Å². The highest BCUT2D eigenvalue weighted by atomic mass is 79.9. The van der Waals surface area contributed by atoms with E-state index in [-0.39, 0.29) is 12.3 Å². The fraction of sp³-hybridized carbons (Fsp3) is 0.417. The number of hydrogen-bond acceptors (Lipinski definition) is 3. The van der Waals surface area contributed by atoms with Crippen molar-refractivity contribution >= 4 is 31.7 Å². The van der Waals surface area contributed by atoms with E-state index in [1.54, 1.807) is 20.8 Å². The molecule has 0 aliphatic carbocycles. The van der Waals surface area contributed by atoms with E-state index in [9.17, 15) is 17.6 Å². The molecule has 7 heteroatoms. The molecule has 0 spiro atoms. The molecule has 0 amide bonds. The highest BCUT2D eigenvalue weighted by Crippen LogP contribution is 2.19. The Bertz CT molecular complexity index is 593. The summed E-state index contributed by atoms with van der Waals surface area (Å²) in [5.74, 6) is -1.14. The van der Waals surface area contributed by atoms with E-state index in [1.165, 1.54) is 6.07 Å². The summed E-state index contributed by atoms with van der Waals surface area (Å²) >= 11 is 3.04. The number of carbonyl (C=O) groups excluding carboxylic acids is 1. The van der Waals surface area contributed by atoms with Crippen LogP contribution in [-0.4, -0.2) is 20.7 Å². The van der Waals surface area contributed by atoms with Crippen LogP contribution in [0, 0.1) is 11.2 Å². The minimum Gasteiger partial charge on any atom is -0.298 e. The summed E-state index contributed by atoms with van der Waals surface area (Å²) in [6, 6.07) is 3.62. The van der Waals surface area contributed by atoms with E-state index < -0.39 is 26.2 Å². The fourth-order valence-corrected chi connectivity index (χ4v) is 2.57. The van der Waals surface area contributed by atoms with Crippen LogP contribution in [0.2, 0.25) is 0 Å². The molecule has 0 radical (unpaired) electrons. The summed E-state index contributed by atoms with van der Waals surface area (Å²) in [5, 5.41) is 0. The van der Waals surface area contributed by atoms with Crippen molar-refractivity contribution in [1.29, 1.82) is 0 Å². The molecule has 19 heavy (non-hydrogen) atoms. The van der Waals surface area contributed by atoms with Gasteiger partial charge in [0.05, 0.1) is 6.54 Å². The van der Waals surface area contributed by atoms with Crippen molar-refractivity contribution in [1.82, 2.24) is 4.72 Å². The van der Waals surface area contributed by atoms with Gasteiger partial charge in [-0.15, -0.1) is 0 Å². The zero-order valence-electron chi connectivity index (χ0n) is 10.8. The van der Waals surface area contributed by atoms with Crippen molar-refractivity contribution in [2.24, 2.45) is 5.41 Å². The number of halogens is 2. The number of hydrogen-bond donors (Lipinski definition) is 1. The molecule has 0 saturated carbocycles. The van der Waals surface area contributed by atoms with Crippen LogP contribution >= 0.6 is 15.9 Å². The first kappa shape index (κ1) is 16.3. The Labute approximate surface area is 120 Å². The molecule has 0 aliphatic rings. The summed E-state index contributed by atoms with van der Waals surface area (Å²) in [7, 11) is -4.03. The SMILES string of the molecule is CC(C)(C)C(=O)CNS(=O)(=O)c1ccc(Br)cc1F. The van der Waals surface area contributed by atoms with Gasteiger partial charge in [-0.3, -0.25) is 4.79 Å². The molecule has 0 fully saturated rings. The maximum atomic E-state index is 13.6. The Hall–Kier alpha value is -0.790. The zero-order chi connectivity index (χ0) is 14.8. The van der Waals surface area contributed by atoms with Crippen molar-refractivity contribution in [3.05, 3.63) is 28.5 Å². The lowest BCUT2D eigenvalue weighted by Gasteiger charge is -2.16. The summed E-state index contributed by atoms with van der Waals surface area (Å²) in [6.45, 7) is 4.69. The average molecular weight is 352 g/mol. The molecule has 1 rings (SSSR count). The minimum absolute atomic E-state index is 0.270. The summed E-state index contributed by atoms with van der Waals surface area (Å²) in [5.41, 5.74) is -0.652. The maximum Gasteiger partial charge on any atom is 0.243 e. The first-order chi connectivity index (χ1) is 8.54. The number of benzene rings is 1. The minimum atomic E-state index is -4.03. The number of rotatable bonds is 4. The van der Waals surface area contributed by atoms with Crippen LogP contribution in [0.3, 0.4) is 0 Å².